The van der Waals surface area contributed by atoms with Crippen LogP contribution >= 0.6 is 0 Å². The summed E-state index contributed by atoms with van der Waals surface area (Å²) in [4.78, 5) is 2.80. The fourth-order valence-electron chi connectivity index (χ4n) is 3.87. The lowest BCUT2D eigenvalue weighted by Crippen LogP contribution is -2.41. The first kappa shape index (κ1) is 8.28. The monoisotopic (exact) mass is 179 g/mol. The van der Waals surface area contributed by atoms with E-state index < -0.39 is 0 Å². The molecule has 1 atom stereocenters. The van der Waals surface area contributed by atoms with Crippen molar-refractivity contribution in [1.29, 1.82) is 0 Å². The molecule has 0 aromatic heterocycles. The van der Waals surface area contributed by atoms with E-state index in [-0.39, 0.29) is 0 Å². The fourth-order valence-corrected chi connectivity index (χ4v) is 3.87. The van der Waals surface area contributed by atoms with E-state index in [0.29, 0.717) is 0 Å². The Morgan fingerprint density at radius 1 is 0.769 bits per heavy atom. The zero-order valence-corrected chi connectivity index (χ0v) is 8.54. The number of nitrogens with zero attached hydrogens (tertiary/aromatic N) is 1. The van der Waals surface area contributed by atoms with Crippen molar-refractivity contribution in [2.24, 2.45) is 11.8 Å². The van der Waals surface area contributed by atoms with Gasteiger partial charge in [-0.1, -0.05) is 12.8 Å². The van der Waals surface area contributed by atoms with E-state index in [1.807, 2.05) is 0 Å². The van der Waals surface area contributed by atoms with Gasteiger partial charge in [-0.2, -0.15) is 0 Å². The normalized spacial score (nSPS) is 45.7. The number of rotatable bonds is 0. The first-order valence-electron chi connectivity index (χ1n) is 6.17. The van der Waals surface area contributed by atoms with Crippen LogP contribution in [0.25, 0.3) is 0 Å². The van der Waals surface area contributed by atoms with Crippen LogP contribution in [0, 0.1) is 11.8 Å². The van der Waals surface area contributed by atoms with Crippen molar-refractivity contribution in [1.82, 2.24) is 4.90 Å². The number of fused-ring (bicyclic) bond motifs is 3. The molecule has 1 saturated carbocycles. The van der Waals surface area contributed by atoms with Crippen LogP contribution in [0.3, 0.4) is 0 Å². The van der Waals surface area contributed by atoms with E-state index in [2.05, 4.69) is 4.90 Å². The molecule has 1 heteroatoms. The first-order valence-corrected chi connectivity index (χ1v) is 6.17. The van der Waals surface area contributed by atoms with E-state index in [0.717, 1.165) is 17.9 Å². The molecular formula is C12H21N. The fraction of sp³-hybridized carbons (Fsp3) is 1.00. The van der Waals surface area contributed by atoms with Crippen molar-refractivity contribution in [2.75, 3.05) is 13.1 Å². The summed E-state index contributed by atoms with van der Waals surface area (Å²) in [7, 11) is 0. The van der Waals surface area contributed by atoms with Crippen molar-refractivity contribution < 1.29 is 0 Å². The highest BCUT2D eigenvalue weighted by Crippen LogP contribution is 2.40. The smallest absolute Gasteiger partial charge is 0.0124 e. The van der Waals surface area contributed by atoms with E-state index in [1.165, 1.54) is 32.4 Å². The van der Waals surface area contributed by atoms with Gasteiger partial charge < -0.3 is 4.90 Å². The van der Waals surface area contributed by atoms with Crippen LogP contribution in [0.5, 0.6) is 0 Å². The standard InChI is InChI=1S/C12H21N/c1-2-12-11-5-3-10(4-6-11)7-9-13(12)8-1/h10-12H,1-9H2. The molecule has 74 valence electrons. The Kier molecular flexibility index (Phi) is 2.08. The van der Waals surface area contributed by atoms with Crippen LogP contribution in [0.1, 0.15) is 44.9 Å². The number of hydrogen-bond acceptors (Lipinski definition) is 1. The maximum atomic E-state index is 2.80. The highest BCUT2D eigenvalue weighted by Gasteiger charge is 2.36. The lowest BCUT2D eigenvalue weighted by atomic mass is 9.75. The molecule has 0 aromatic rings. The third-order valence-corrected chi connectivity index (χ3v) is 4.67. The van der Waals surface area contributed by atoms with E-state index in [9.17, 15) is 0 Å². The van der Waals surface area contributed by atoms with E-state index >= 15 is 0 Å². The summed E-state index contributed by atoms with van der Waals surface area (Å²) >= 11 is 0. The molecule has 4 fully saturated rings. The van der Waals surface area contributed by atoms with Gasteiger partial charge in [-0.3, -0.25) is 0 Å². The minimum Gasteiger partial charge on any atom is -0.300 e. The minimum absolute atomic E-state index is 1.00. The zero-order chi connectivity index (χ0) is 8.67. The highest BCUT2D eigenvalue weighted by atomic mass is 15.2. The molecule has 3 heterocycles. The molecule has 0 N–H and O–H groups in total. The van der Waals surface area contributed by atoms with Gasteiger partial charge >= 0.3 is 0 Å². The van der Waals surface area contributed by atoms with E-state index in [1.54, 1.807) is 25.7 Å². The van der Waals surface area contributed by atoms with Crippen molar-refractivity contribution in [3.63, 3.8) is 0 Å². The molecule has 13 heavy (non-hydrogen) atoms. The van der Waals surface area contributed by atoms with Gasteiger partial charge in [0.2, 0.25) is 0 Å². The largest absolute Gasteiger partial charge is 0.300 e. The van der Waals surface area contributed by atoms with Crippen molar-refractivity contribution in [2.45, 2.75) is 51.0 Å². The highest BCUT2D eigenvalue weighted by molar-refractivity contribution is 4.90. The lowest BCUT2D eigenvalue weighted by Gasteiger charge is -2.40. The second kappa shape index (κ2) is 3.27. The average molecular weight is 179 g/mol. The summed E-state index contributed by atoms with van der Waals surface area (Å²) in [5.41, 5.74) is 0. The predicted octanol–water partition coefficient (Wildman–Crippen LogP) is 2.66. The molecule has 2 bridgehead atoms. The van der Waals surface area contributed by atoms with Gasteiger partial charge in [-0.25, -0.2) is 0 Å². The van der Waals surface area contributed by atoms with Gasteiger partial charge in [0.15, 0.2) is 0 Å². The second-order valence-corrected chi connectivity index (χ2v) is 5.32. The molecular weight excluding hydrogens is 158 g/mol. The molecule has 0 spiro atoms. The summed E-state index contributed by atoms with van der Waals surface area (Å²) in [6, 6.07) is 1.00. The molecule has 4 rings (SSSR count). The predicted molar refractivity (Wildman–Crippen MR) is 54.7 cm³/mol. The molecule has 1 nitrogen and oxygen atoms in total. The topological polar surface area (TPSA) is 3.24 Å². The molecule has 4 aliphatic rings. The van der Waals surface area contributed by atoms with Crippen LogP contribution < -0.4 is 0 Å². The third kappa shape index (κ3) is 1.41. The summed E-state index contributed by atoms with van der Waals surface area (Å²) in [5.74, 6) is 2.18. The Morgan fingerprint density at radius 3 is 2.46 bits per heavy atom. The molecule has 0 aromatic carbocycles. The Balaban J connectivity index is 1.79. The van der Waals surface area contributed by atoms with Gasteiger partial charge in [0.25, 0.3) is 0 Å². The van der Waals surface area contributed by atoms with Gasteiger partial charge in [0.05, 0.1) is 0 Å². The Morgan fingerprint density at radius 2 is 1.62 bits per heavy atom. The molecule has 0 amide bonds. The third-order valence-electron chi connectivity index (χ3n) is 4.67. The Hall–Kier alpha value is -0.0400. The second-order valence-electron chi connectivity index (χ2n) is 5.32. The van der Waals surface area contributed by atoms with Crippen molar-refractivity contribution >= 4 is 0 Å². The Bertz CT molecular complexity index is 182. The SMILES string of the molecule is C1CC2C3CCC(CC3)CCN2C1. The number of hydrogen-bond donors (Lipinski definition) is 0. The summed E-state index contributed by atoms with van der Waals surface area (Å²) < 4.78 is 0. The lowest BCUT2D eigenvalue weighted by molar-refractivity contribution is 0.0955. The van der Waals surface area contributed by atoms with Crippen LogP contribution in [0.4, 0.5) is 0 Å². The van der Waals surface area contributed by atoms with E-state index in [4.69, 9.17) is 0 Å². The van der Waals surface area contributed by atoms with Gasteiger partial charge in [-0.15, -0.1) is 0 Å². The first-order chi connectivity index (χ1) is 6.43. The molecule has 3 saturated heterocycles. The molecule has 3 aliphatic heterocycles. The average Bonchev–Trinajstić information content (AvgIpc) is 2.58. The zero-order valence-electron chi connectivity index (χ0n) is 8.54. The quantitative estimate of drug-likeness (QED) is 0.552. The maximum Gasteiger partial charge on any atom is 0.0124 e. The van der Waals surface area contributed by atoms with Crippen LogP contribution in [-0.4, -0.2) is 24.0 Å². The van der Waals surface area contributed by atoms with Gasteiger partial charge in [-0.05, 0) is 57.0 Å². The van der Waals surface area contributed by atoms with Gasteiger partial charge in [0.1, 0.15) is 0 Å². The molecule has 1 aliphatic carbocycles. The van der Waals surface area contributed by atoms with Gasteiger partial charge in [0, 0.05) is 6.04 Å². The van der Waals surface area contributed by atoms with Crippen molar-refractivity contribution in [3.05, 3.63) is 0 Å². The Labute approximate surface area is 81.5 Å². The minimum atomic E-state index is 1.00. The molecule has 0 radical (unpaired) electrons. The van der Waals surface area contributed by atoms with Crippen molar-refractivity contribution in [3.8, 4) is 0 Å². The maximum absolute atomic E-state index is 2.80. The summed E-state index contributed by atoms with van der Waals surface area (Å²) in [5, 5.41) is 0. The molecule has 1 unspecified atom stereocenters. The summed E-state index contributed by atoms with van der Waals surface area (Å²) in [6.07, 6.45) is 10.7. The van der Waals surface area contributed by atoms with Crippen LogP contribution in [0.2, 0.25) is 0 Å². The van der Waals surface area contributed by atoms with Crippen LogP contribution in [0.15, 0.2) is 0 Å². The summed E-state index contributed by atoms with van der Waals surface area (Å²) in [6.45, 7) is 2.83. The van der Waals surface area contributed by atoms with Crippen LogP contribution in [-0.2, 0) is 0 Å².